The van der Waals surface area contributed by atoms with Crippen molar-refractivity contribution in [1.29, 1.82) is 0 Å². The Hall–Kier alpha value is -0.259. The van der Waals surface area contributed by atoms with Crippen molar-refractivity contribution in [3.05, 3.63) is 12.2 Å². The minimum absolute atomic E-state index is 0.00526. The van der Waals surface area contributed by atoms with Gasteiger partial charge in [0.15, 0.2) is 16.6 Å². The highest BCUT2D eigenvalue weighted by atomic mass is 28.4. The zero-order valence-corrected chi connectivity index (χ0v) is 18.5. The van der Waals surface area contributed by atoms with Crippen LogP contribution in [-0.2, 0) is 18.4 Å². The highest BCUT2D eigenvalue weighted by molar-refractivity contribution is 6.71. The Labute approximate surface area is 139 Å². The fraction of sp³-hybridized carbons (Fsp3) is 0.786. The Morgan fingerprint density at radius 3 is 1.95 bits per heavy atom. The molecule has 0 aromatic heterocycles. The van der Waals surface area contributed by atoms with Crippen LogP contribution in [0.15, 0.2) is 12.2 Å². The largest absolute Gasteiger partial charge is 0.460 e. The van der Waals surface area contributed by atoms with Gasteiger partial charge in [0.25, 0.3) is 0 Å². The second-order valence-electron chi connectivity index (χ2n) is 7.50. The molecule has 1 unspecified atom stereocenters. The van der Waals surface area contributed by atoms with Crippen molar-refractivity contribution in [3.8, 4) is 0 Å². The number of aliphatic hydroxyl groups excluding tert-OH is 1. The monoisotopic (exact) mass is 364 g/mol. The van der Waals surface area contributed by atoms with Gasteiger partial charge in [-0.25, -0.2) is 4.79 Å². The number of hydrogen-bond acceptors (Lipinski definition) is 5. The first-order valence-electron chi connectivity index (χ1n) is 7.66. The maximum atomic E-state index is 11.3. The molecule has 130 valence electrons. The molecular weight excluding hydrogens is 332 g/mol. The molecule has 0 aliphatic carbocycles. The summed E-state index contributed by atoms with van der Waals surface area (Å²) in [6, 6.07) is 0.600. The molecule has 5 nitrogen and oxygen atoms in total. The number of carbonyl (C=O) groups is 1. The van der Waals surface area contributed by atoms with Gasteiger partial charge in [-0.2, -0.15) is 0 Å². The third-order valence-corrected chi connectivity index (χ3v) is 6.87. The van der Waals surface area contributed by atoms with Crippen LogP contribution in [-0.4, -0.2) is 55.9 Å². The van der Waals surface area contributed by atoms with Crippen molar-refractivity contribution >= 4 is 32.1 Å². The van der Waals surface area contributed by atoms with Crippen molar-refractivity contribution < 1.29 is 23.5 Å². The molecule has 0 aromatic rings. The Bertz CT molecular complexity index is 358. The molecular formula is C14H32O5Si3. The lowest BCUT2D eigenvalue weighted by Gasteiger charge is -2.32. The first-order valence-corrected chi connectivity index (χ1v) is 16.3. The number of ether oxygens (including phenoxy) is 1. The predicted molar refractivity (Wildman–Crippen MR) is 97.8 cm³/mol. The quantitative estimate of drug-likeness (QED) is 0.278. The van der Waals surface area contributed by atoms with Crippen LogP contribution in [0, 0.1) is 0 Å². The van der Waals surface area contributed by atoms with Crippen molar-refractivity contribution in [3.63, 3.8) is 0 Å². The second kappa shape index (κ2) is 9.14. The minimum atomic E-state index is -1.69. The Kier molecular flexibility index (Phi) is 9.03. The summed E-state index contributed by atoms with van der Waals surface area (Å²) >= 11 is 0. The first kappa shape index (κ1) is 21.7. The molecule has 8 heteroatoms. The summed E-state index contributed by atoms with van der Waals surface area (Å²) in [5.74, 6) is -0.626. The predicted octanol–water partition coefficient (Wildman–Crippen LogP) is 2.04. The molecule has 0 saturated heterocycles. The van der Waals surface area contributed by atoms with Crippen molar-refractivity contribution in [2.75, 3.05) is 6.61 Å². The van der Waals surface area contributed by atoms with Gasteiger partial charge in [-0.3, -0.25) is 0 Å². The van der Waals surface area contributed by atoms with E-state index in [0.29, 0.717) is 11.6 Å². The molecule has 0 saturated carbocycles. The fourth-order valence-electron chi connectivity index (χ4n) is 1.64. The van der Waals surface area contributed by atoms with E-state index in [9.17, 15) is 9.90 Å². The molecule has 22 heavy (non-hydrogen) atoms. The number of rotatable bonds is 10. The van der Waals surface area contributed by atoms with E-state index in [1.54, 1.807) is 6.92 Å². The van der Waals surface area contributed by atoms with E-state index in [2.05, 4.69) is 45.9 Å². The van der Waals surface area contributed by atoms with E-state index in [4.69, 9.17) is 13.6 Å². The van der Waals surface area contributed by atoms with Crippen LogP contribution in [0.2, 0.25) is 45.3 Å². The van der Waals surface area contributed by atoms with Gasteiger partial charge in [-0.05, 0) is 52.2 Å². The van der Waals surface area contributed by atoms with Crippen LogP contribution in [0.4, 0.5) is 0 Å². The summed E-state index contributed by atoms with van der Waals surface area (Å²) in [5.41, 5.74) is 0.339. The third-order valence-electron chi connectivity index (χ3n) is 2.46. The molecule has 0 amide bonds. The van der Waals surface area contributed by atoms with Gasteiger partial charge in [-0.15, -0.1) is 0 Å². The van der Waals surface area contributed by atoms with Gasteiger partial charge in [0.2, 0.25) is 0 Å². The summed E-state index contributed by atoms with van der Waals surface area (Å²) in [7, 11) is -4.16. The molecule has 0 bridgehead atoms. The maximum Gasteiger partial charge on any atom is 0.333 e. The number of hydrogen-bond donors (Lipinski definition) is 1. The first-order chi connectivity index (χ1) is 9.80. The van der Waals surface area contributed by atoms with Gasteiger partial charge in [0, 0.05) is 5.57 Å². The molecule has 0 aliphatic heterocycles. The SMILES string of the molecule is C=C(C)C(=O)OCC(O)C[SiH2]C(O[Si](C)(C)C)O[Si](C)(C)C. The highest BCUT2D eigenvalue weighted by Crippen LogP contribution is 2.15. The Balaban J connectivity index is 4.37. The summed E-state index contributed by atoms with van der Waals surface area (Å²) in [6.07, 6.45) is -0.659. The Morgan fingerprint density at radius 1 is 1.14 bits per heavy atom. The van der Waals surface area contributed by atoms with Crippen molar-refractivity contribution in [1.82, 2.24) is 0 Å². The number of aliphatic hydroxyl groups is 1. The van der Waals surface area contributed by atoms with Gasteiger partial charge < -0.3 is 18.7 Å². The lowest BCUT2D eigenvalue weighted by molar-refractivity contribution is -0.141. The molecule has 0 fully saturated rings. The van der Waals surface area contributed by atoms with E-state index in [-0.39, 0.29) is 12.5 Å². The normalized spacial score (nSPS) is 14.6. The summed E-state index contributed by atoms with van der Waals surface area (Å²) in [5, 5.41) is 9.96. The average Bonchev–Trinajstić information content (AvgIpc) is 2.28. The maximum absolute atomic E-state index is 11.3. The van der Waals surface area contributed by atoms with Crippen LogP contribution in [0.5, 0.6) is 0 Å². The van der Waals surface area contributed by atoms with E-state index >= 15 is 0 Å². The molecule has 1 N–H and O–H groups in total. The van der Waals surface area contributed by atoms with Crippen molar-refractivity contribution in [2.45, 2.75) is 64.3 Å². The molecule has 1 atom stereocenters. The third kappa shape index (κ3) is 12.3. The molecule has 0 aromatic carbocycles. The highest BCUT2D eigenvalue weighted by Gasteiger charge is 2.27. The van der Waals surface area contributed by atoms with Crippen LogP contribution in [0.3, 0.4) is 0 Å². The van der Waals surface area contributed by atoms with Gasteiger partial charge in [-0.1, -0.05) is 6.58 Å². The lowest BCUT2D eigenvalue weighted by atomic mass is 10.3. The van der Waals surface area contributed by atoms with Gasteiger partial charge in [0.1, 0.15) is 12.5 Å². The van der Waals surface area contributed by atoms with Crippen LogP contribution in [0.1, 0.15) is 6.92 Å². The smallest absolute Gasteiger partial charge is 0.333 e. The second-order valence-corrected chi connectivity index (χ2v) is 18.2. The van der Waals surface area contributed by atoms with E-state index in [1.165, 1.54) is 0 Å². The molecule has 0 aliphatic rings. The zero-order valence-electron chi connectivity index (χ0n) is 15.1. The topological polar surface area (TPSA) is 65.0 Å². The standard InChI is InChI=1S/C14H32O5Si3/c1-11(2)13(16)17-9-12(15)10-20-14(18-21(3,4)5)19-22(6,7)8/h12,14-15H,1,9-10,20H2,2-8H3. The fourth-order valence-corrected chi connectivity index (χ4v) is 8.17. The summed E-state index contributed by atoms with van der Waals surface area (Å²) in [6.45, 7) is 17.9. The van der Waals surface area contributed by atoms with Crippen LogP contribution >= 0.6 is 0 Å². The Morgan fingerprint density at radius 2 is 1.59 bits per heavy atom. The lowest BCUT2D eigenvalue weighted by Crippen LogP contribution is -2.43. The van der Waals surface area contributed by atoms with Crippen LogP contribution in [0.25, 0.3) is 0 Å². The minimum Gasteiger partial charge on any atom is -0.460 e. The number of carbonyl (C=O) groups excluding carboxylic acids is 1. The zero-order chi connectivity index (χ0) is 17.6. The average molecular weight is 365 g/mol. The summed E-state index contributed by atoms with van der Waals surface area (Å²) < 4.78 is 17.2. The van der Waals surface area contributed by atoms with E-state index in [1.807, 2.05) is 0 Å². The molecule has 0 heterocycles. The van der Waals surface area contributed by atoms with E-state index in [0.717, 1.165) is 0 Å². The van der Waals surface area contributed by atoms with Crippen LogP contribution < -0.4 is 0 Å². The van der Waals surface area contributed by atoms with E-state index < -0.39 is 38.2 Å². The molecule has 0 rings (SSSR count). The van der Waals surface area contributed by atoms with Gasteiger partial charge in [0.05, 0.1) is 15.6 Å². The van der Waals surface area contributed by atoms with Crippen molar-refractivity contribution in [2.24, 2.45) is 0 Å². The molecule has 0 radical (unpaired) electrons. The number of esters is 1. The molecule has 0 spiro atoms. The van der Waals surface area contributed by atoms with Gasteiger partial charge >= 0.3 is 5.97 Å². The summed E-state index contributed by atoms with van der Waals surface area (Å²) in [4.78, 5) is 11.3.